The summed E-state index contributed by atoms with van der Waals surface area (Å²) in [7, 11) is 0. The Labute approximate surface area is 123 Å². The minimum Gasteiger partial charge on any atom is -0.331 e. The highest BCUT2D eigenvalue weighted by molar-refractivity contribution is 7.80. The summed E-state index contributed by atoms with van der Waals surface area (Å²) in [5.74, 6) is 0. The van der Waals surface area contributed by atoms with Crippen LogP contribution < -0.4 is 16.2 Å². The van der Waals surface area contributed by atoms with E-state index in [1.807, 2.05) is 55.5 Å². The molecule has 0 aliphatic rings. The Morgan fingerprint density at radius 1 is 1.05 bits per heavy atom. The molecule has 98 valence electrons. The molecule has 0 fully saturated rings. The first-order chi connectivity index (χ1) is 9.15. The van der Waals surface area contributed by atoms with Crippen LogP contribution in [0.1, 0.15) is 5.56 Å². The number of hydrogen-bond acceptors (Lipinski definition) is 2. The Bertz CT molecular complexity index is 569. The van der Waals surface area contributed by atoms with Crippen molar-refractivity contribution in [3.05, 3.63) is 59.1 Å². The molecule has 3 nitrogen and oxygen atoms in total. The van der Waals surface area contributed by atoms with Crippen molar-refractivity contribution < 1.29 is 0 Å². The summed E-state index contributed by atoms with van der Waals surface area (Å²) in [5, 5.41) is 4.33. The van der Waals surface area contributed by atoms with Crippen LogP contribution in [0, 0.1) is 6.92 Å². The monoisotopic (exact) mass is 291 g/mol. The summed E-state index contributed by atoms with van der Waals surface area (Å²) in [4.78, 5) is 0. The molecule has 0 heterocycles. The topological polar surface area (TPSA) is 36.1 Å². The van der Waals surface area contributed by atoms with Gasteiger partial charge in [-0.05, 0) is 55.0 Å². The van der Waals surface area contributed by atoms with Gasteiger partial charge in [0.2, 0.25) is 0 Å². The van der Waals surface area contributed by atoms with Crippen LogP contribution in [0.5, 0.6) is 0 Å². The molecule has 3 N–H and O–H groups in total. The third kappa shape index (κ3) is 4.12. The van der Waals surface area contributed by atoms with Gasteiger partial charge in [-0.3, -0.25) is 10.9 Å². The minimum absolute atomic E-state index is 0.504. The maximum Gasteiger partial charge on any atom is 0.189 e. The van der Waals surface area contributed by atoms with E-state index in [9.17, 15) is 0 Å². The van der Waals surface area contributed by atoms with E-state index in [2.05, 4.69) is 16.2 Å². The number of anilines is 2. The summed E-state index contributed by atoms with van der Waals surface area (Å²) in [5.41, 5.74) is 8.93. The average molecular weight is 292 g/mol. The second kappa shape index (κ2) is 6.41. The first-order valence-electron chi connectivity index (χ1n) is 5.79. The third-order valence-electron chi connectivity index (χ3n) is 2.56. The lowest BCUT2D eigenvalue weighted by molar-refractivity contribution is 1.14. The fourth-order valence-corrected chi connectivity index (χ4v) is 1.82. The van der Waals surface area contributed by atoms with Crippen molar-refractivity contribution in [1.82, 2.24) is 5.43 Å². The van der Waals surface area contributed by atoms with Gasteiger partial charge in [-0.15, -0.1) is 0 Å². The lowest BCUT2D eigenvalue weighted by Crippen LogP contribution is -2.33. The van der Waals surface area contributed by atoms with Gasteiger partial charge in [-0.25, -0.2) is 0 Å². The van der Waals surface area contributed by atoms with E-state index >= 15 is 0 Å². The fourth-order valence-electron chi connectivity index (χ4n) is 1.53. The molecule has 0 spiro atoms. The summed E-state index contributed by atoms with van der Waals surface area (Å²) < 4.78 is 0. The zero-order valence-electron chi connectivity index (χ0n) is 10.4. The van der Waals surface area contributed by atoms with Gasteiger partial charge in [0, 0.05) is 10.7 Å². The number of halogens is 1. The molecule has 0 unspecified atom stereocenters. The van der Waals surface area contributed by atoms with E-state index in [-0.39, 0.29) is 0 Å². The molecule has 19 heavy (non-hydrogen) atoms. The first-order valence-corrected chi connectivity index (χ1v) is 6.58. The van der Waals surface area contributed by atoms with E-state index in [0.717, 1.165) is 16.9 Å². The molecule has 0 radical (unpaired) electrons. The predicted octanol–water partition coefficient (Wildman–Crippen LogP) is 3.96. The van der Waals surface area contributed by atoms with Crippen molar-refractivity contribution in [2.45, 2.75) is 6.92 Å². The van der Waals surface area contributed by atoms with Crippen LogP contribution in [0.15, 0.2) is 48.5 Å². The van der Waals surface area contributed by atoms with Crippen molar-refractivity contribution in [3.63, 3.8) is 0 Å². The van der Waals surface area contributed by atoms with Crippen molar-refractivity contribution in [1.29, 1.82) is 0 Å². The Balaban J connectivity index is 1.88. The molecule has 0 aliphatic carbocycles. The number of benzene rings is 2. The third-order valence-corrected chi connectivity index (χ3v) is 3.01. The van der Waals surface area contributed by atoms with Crippen LogP contribution in [0.25, 0.3) is 0 Å². The van der Waals surface area contributed by atoms with Crippen LogP contribution in [-0.2, 0) is 0 Å². The van der Waals surface area contributed by atoms with E-state index < -0.39 is 0 Å². The van der Waals surface area contributed by atoms with Gasteiger partial charge in [0.1, 0.15) is 0 Å². The number of hydrazine groups is 1. The van der Waals surface area contributed by atoms with Gasteiger partial charge in [-0.2, -0.15) is 0 Å². The van der Waals surface area contributed by atoms with E-state index in [1.54, 1.807) is 0 Å². The van der Waals surface area contributed by atoms with Gasteiger partial charge in [0.05, 0.1) is 5.69 Å². The van der Waals surface area contributed by atoms with Crippen LogP contribution in [-0.4, -0.2) is 5.11 Å². The van der Waals surface area contributed by atoms with E-state index in [1.165, 1.54) is 0 Å². The van der Waals surface area contributed by atoms with Gasteiger partial charge >= 0.3 is 0 Å². The van der Waals surface area contributed by atoms with E-state index in [0.29, 0.717) is 10.1 Å². The average Bonchev–Trinajstić information content (AvgIpc) is 2.41. The molecule has 0 amide bonds. The summed E-state index contributed by atoms with van der Waals surface area (Å²) in [6.07, 6.45) is 0. The normalized spacial score (nSPS) is 9.79. The number of hydrogen-bond donors (Lipinski definition) is 3. The molecule has 0 saturated heterocycles. The van der Waals surface area contributed by atoms with Crippen molar-refractivity contribution in [2.75, 3.05) is 10.7 Å². The van der Waals surface area contributed by atoms with Gasteiger partial charge < -0.3 is 5.32 Å². The molecule has 2 aromatic carbocycles. The Hall–Kier alpha value is -1.78. The molecule has 0 atom stereocenters. The maximum atomic E-state index is 5.81. The van der Waals surface area contributed by atoms with Crippen LogP contribution >= 0.6 is 23.8 Å². The highest BCUT2D eigenvalue weighted by atomic mass is 35.5. The zero-order valence-corrected chi connectivity index (χ0v) is 12.0. The van der Waals surface area contributed by atoms with Crippen LogP contribution in [0.2, 0.25) is 5.02 Å². The molecule has 2 rings (SSSR count). The number of thiocarbonyl (C=S) groups is 1. The van der Waals surface area contributed by atoms with Crippen molar-refractivity contribution in [3.8, 4) is 0 Å². The smallest absolute Gasteiger partial charge is 0.189 e. The molecule has 0 bridgehead atoms. The second-order valence-electron chi connectivity index (χ2n) is 4.03. The lowest BCUT2D eigenvalue weighted by atomic mass is 10.2. The second-order valence-corrected chi connectivity index (χ2v) is 4.87. The Morgan fingerprint density at radius 3 is 2.42 bits per heavy atom. The van der Waals surface area contributed by atoms with Gasteiger partial charge in [0.15, 0.2) is 5.11 Å². The SMILES string of the molecule is Cc1ccccc1NC(=S)NNc1ccc(Cl)cc1. The molecular weight excluding hydrogens is 278 g/mol. The van der Waals surface area contributed by atoms with E-state index in [4.69, 9.17) is 23.8 Å². The Morgan fingerprint density at radius 2 is 1.74 bits per heavy atom. The fraction of sp³-hybridized carbons (Fsp3) is 0.0714. The van der Waals surface area contributed by atoms with Gasteiger partial charge in [-0.1, -0.05) is 29.8 Å². The number of rotatable bonds is 3. The number of aryl methyl sites for hydroxylation is 1. The minimum atomic E-state index is 0.504. The van der Waals surface area contributed by atoms with Gasteiger partial charge in [0.25, 0.3) is 0 Å². The first kappa shape index (κ1) is 13.6. The largest absolute Gasteiger partial charge is 0.331 e. The summed E-state index contributed by atoms with van der Waals surface area (Å²) >= 11 is 11.0. The van der Waals surface area contributed by atoms with Crippen molar-refractivity contribution >= 4 is 40.3 Å². The number of nitrogens with one attached hydrogen (secondary N) is 3. The summed E-state index contributed by atoms with van der Waals surface area (Å²) in [6, 6.07) is 15.3. The zero-order chi connectivity index (χ0) is 13.7. The standard InChI is InChI=1S/C14H14ClN3S/c1-10-4-2-3-5-13(10)16-14(19)18-17-12-8-6-11(15)7-9-12/h2-9,17H,1H3,(H2,16,18,19). The maximum absolute atomic E-state index is 5.81. The molecule has 2 aromatic rings. The predicted molar refractivity (Wildman–Crippen MR) is 85.6 cm³/mol. The van der Waals surface area contributed by atoms with Crippen LogP contribution in [0.3, 0.4) is 0 Å². The molecule has 0 aliphatic heterocycles. The molecule has 0 saturated carbocycles. The summed E-state index contributed by atoms with van der Waals surface area (Å²) in [6.45, 7) is 2.03. The lowest BCUT2D eigenvalue weighted by Gasteiger charge is -2.13. The van der Waals surface area contributed by atoms with Crippen LogP contribution in [0.4, 0.5) is 11.4 Å². The highest BCUT2D eigenvalue weighted by Gasteiger charge is 1.99. The molecular formula is C14H14ClN3S. The number of para-hydroxylation sites is 1. The highest BCUT2D eigenvalue weighted by Crippen LogP contribution is 2.14. The molecule has 5 heteroatoms. The molecule has 0 aromatic heterocycles. The Kier molecular flexibility index (Phi) is 4.60. The van der Waals surface area contributed by atoms with Crippen molar-refractivity contribution in [2.24, 2.45) is 0 Å². The quantitative estimate of drug-likeness (QED) is 0.591.